The van der Waals surface area contributed by atoms with Crippen molar-refractivity contribution in [1.29, 1.82) is 0 Å². The molecular formula is C14H19NO4. The fraction of sp³-hybridized carbons (Fsp3) is 0.429. The van der Waals surface area contributed by atoms with Gasteiger partial charge in [-0.3, -0.25) is 4.79 Å². The Morgan fingerprint density at radius 2 is 1.84 bits per heavy atom. The van der Waals surface area contributed by atoms with Gasteiger partial charge in [-0.1, -0.05) is 12.1 Å². The highest BCUT2D eigenvalue weighted by atomic mass is 16.6. The Morgan fingerprint density at radius 3 is 2.37 bits per heavy atom. The summed E-state index contributed by atoms with van der Waals surface area (Å²) in [6, 6.07) is 5.90. The number of carboxylic acids is 1. The van der Waals surface area contributed by atoms with Gasteiger partial charge in [0.2, 0.25) is 0 Å². The SMILES string of the molecule is CC(Nc1ccccc1C(=O)OC(C)(C)C)C(=O)O. The lowest BCUT2D eigenvalue weighted by molar-refractivity contribution is -0.137. The molecule has 0 aliphatic rings. The van der Waals surface area contributed by atoms with Gasteiger partial charge >= 0.3 is 11.9 Å². The molecule has 5 nitrogen and oxygen atoms in total. The van der Waals surface area contributed by atoms with Gasteiger partial charge in [0.05, 0.1) is 5.56 Å². The van der Waals surface area contributed by atoms with Crippen LogP contribution < -0.4 is 5.32 Å². The zero-order valence-electron chi connectivity index (χ0n) is 11.6. The number of para-hydroxylation sites is 1. The first-order chi connectivity index (χ1) is 8.70. The Labute approximate surface area is 112 Å². The summed E-state index contributed by atoms with van der Waals surface area (Å²) in [6.45, 7) is 6.84. The number of hydrogen-bond donors (Lipinski definition) is 2. The number of aliphatic carboxylic acids is 1. The number of carbonyl (C=O) groups excluding carboxylic acids is 1. The first-order valence-corrected chi connectivity index (χ1v) is 6.02. The summed E-state index contributed by atoms with van der Waals surface area (Å²) in [5, 5.41) is 11.7. The van der Waals surface area contributed by atoms with Crippen LogP contribution in [0.2, 0.25) is 0 Å². The molecule has 1 rings (SSSR count). The molecule has 0 spiro atoms. The van der Waals surface area contributed by atoms with Crippen LogP contribution in [0.25, 0.3) is 0 Å². The van der Waals surface area contributed by atoms with Gasteiger partial charge in [-0.15, -0.1) is 0 Å². The number of esters is 1. The summed E-state index contributed by atoms with van der Waals surface area (Å²) in [4.78, 5) is 22.9. The van der Waals surface area contributed by atoms with E-state index in [2.05, 4.69) is 5.32 Å². The van der Waals surface area contributed by atoms with Crippen molar-refractivity contribution in [3.63, 3.8) is 0 Å². The van der Waals surface area contributed by atoms with Crippen LogP contribution in [-0.2, 0) is 9.53 Å². The summed E-state index contributed by atoms with van der Waals surface area (Å²) in [5.74, 6) is -1.47. The molecule has 1 unspecified atom stereocenters. The molecule has 2 N–H and O–H groups in total. The monoisotopic (exact) mass is 265 g/mol. The smallest absolute Gasteiger partial charge is 0.340 e. The lowest BCUT2D eigenvalue weighted by atomic mass is 10.1. The zero-order chi connectivity index (χ0) is 14.6. The van der Waals surface area contributed by atoms with Crippen molar-refractivity contribution < 1.29 is 19.4 Å². The van der Waals surface area contributed by atoms with Crippen molar-refractivity contribution in [3.05, 3.63) is 29.8 Å². The van der Waals surface area contributed by atoms with Gasteiger partial charge in [-0.25, -0.2) is 4.79 Å². The van der Waals surface area contributed by atoms with E-state index in [1.807, 2.05) is 0 Å². The van der Waals surface area contributed by atoms with Crippen LogP contribution in [0.1, 0.15) is 38.1 Å². The van der Waals surface area contributed by atoms with Crippen LogP contribution in [0.4, 0.5) is 5.69 Å². The van der Waals surface area contributed by atoms with Crippen LogP contribution in [0.15, 0.2) is 24.3 Å². The van der Waals surface area contributed by atoms with Crippen LogP contribution >= 0.6 is 0 Å². The summed E-state index contributed by atoms with van der Waals surface area (Å²) in [7, 11) is 0. The van der Waals surface area contributed by atoms with Crippen LogP contribution in [0, 0.1) is 0 Å². The second-order valence-electron chi connectivity index (χ2n) is 5.25. The number of nitrogens with one attached hydrogen (secondary N) is 1. The van der Waals surface area contributed by atoms with Crippen molar-refractivity contribution in [2.24, 2.45) is 0 Å². The average molecular weight is 265 g/mol. The van der Waals surface area contributed by atoms with E-state index in [0.29, 0.717) is 11.3 Å². The third-order valence-electron chi connectivity index (χ3n) is 2.29. The Kier molecular flexibility index (Phi) is 4.53. The molecule has 0 fully saturated rings. The van der Waals surface area contributed by atoms with Crippen LogP contribution in [0.5, 0.6) is 0 Å². The molecule has 0 aromatic heterocycles. The largest absolute Gasteiger partial charge is 0.480 e. The number of ether oxygens (including phenoxy) is 1. The van der Waals surface area contributed by atoms with E-state index in [4.69, 9.17) is 9.84 Å². The molecule has 0 bridgehead atoms. The van der Waals surface area contributed by atoms with Crippen molar-refractivity contribution >= 4 is 17.6 Å². The molecule has 0 radical (unpaired) electrons. The van der Waals surface area contributed by atoms with Crippen LogP contribution in [-0.4, -0.2) is 28.7 Å². The molecule has 0 saturated carbocycles. The highest BCUT2D eigenvalue weighted by Gasteiger charge is 2.21. The molecule has 1 aromatic carbocycles. The molecule has 0 amide bonds. The van der Waals surface area contributed by atoms with Crippen molar-refractivity contribution in [1.82, 2.24) is 0 Å². The van der Waals surface area contributed by atoms with E-state index >= 15 is 0 Å². The average Bonchev–Trinajstić information content (AvgIpc) is 2.27. The maximum absolute atomic E-state index is 12.0. The highest BCUT2D eigenvalue weighted by Crippen LogP contribution is 2.20. The van der Waals surface area contributed by atoms with E-state index in [1.54, 1.807) is 45.0 Å². The number of benzene rings is 1. The lowest BCUT2D eigenvalue weighted by Gasteiger charge is -2.21. The van der Waals surface area contributed by atoms with Crippen molar-refractivity contribution in [2.75, 3.05) is 5.32 Å². The van der Waals surface area contributed by atoms with Gasteiger partial charge < -0.3 is 15.2 Å². The first kappa shape index (κ1) is 15.0. The van der Waals surface area contributed by atoms with Gasteiger partial charge in [0.1, 0.15) is 11.6 Å². The topological polar surface area (TPSA) is 75.6 Å². The standard InChI is InChI=1S/C14H19NO4/c1-9(12(16)17)15-11-8-6-5-7-10(11)13(18)19-14(2,3)4/h5-9,15H,1-4H3,(H,16,17). The third-order valence-corrected chi connectivity index (χ3v) is 2.29. The molecule has 1 aromatic rings. The number of carboxylic acid groups (broad SMARTS) is 1. The number of carbonyl (C=O) groups is 2. The van der Waals surface area contributed by atoms with Gasteiger partial charge in [-0.2, -0.15) is 0 Å². The molecular weight excluding hydrogens is 246 g/mol. The third kappa shape index (κ3) is 4.62. The molecule has 0 aliphatic carbocycles. The molecule has 0 saturated heterocycles. The van der Waals surface area contributed by atoms with Crippen molar-refractivity contribution in [3.8, 4) is 0 Å². The summed E-state index contributed by atoms with van der Waals surface area (Å²) >= 11 is 0. The second kappa shape index (κ2) is 5.73. The normalized spacial score (nSPS) is 12.6. The van der Waals surface area contributed by atoms with Crippen molar-refractivity contribution in [2.45, 2.75) is 39.3 Å². The number of anilines is 1. The fourth-order valence-electron chi connectivity index (χ4n) is 1.42. The molecule has 0 heterocycles. The molecule has 0 aliphatic heterocycles. The number of rotatable bonds is 4. The maximum atomic E-state index is 12.0. The van der Waals surface area contributed by atoms with E-state index in [0.717, 1.165) is 0 Å². The lowest BCUT2D eigenvalue weighted by Crippen LogP contribution is -2.28. The summed E-state index contributed by atoms with van der Waals surface area (Å²) < 4.78 is 5.28. The molecule has 104 valence electrons. The molecule has 5 heteroatoms. The predicted octanol–water partition coefficient (Wildman–Crippen LogP) is 2.53. The maximum Gasteiger partial charge on any atom is 0.340 e. The molecule has 1 atom stereocenters. The fourth-order valence-corrected chi connectivity index (χ4v) is 1.42. The first-order valence-electron chi connectivity index (χ1n) is 6.02. The Morgan fingerprint density at radius 1 is 1.26 bits per heavy atom. The van der Waals surface area contributed by atoms with E-state index in [1.165, 1.54) is 6.92 Å². The predicted molar refractivity (Wildman–Crippen MR) is 72.3 cm³/mol. The van der Waals surface area contributed by atoms with Gasteiger partial charge in [-0.05, 0) is 39.8 Å². The van der Waals surface area contributed by atoms with E-state index in [-0.39, 0.29) is 0 Å². The Balaban J connectivity index is 2.96. The minimum Gasteiger partial charge on any atom is -0.480 e. The summed E-state index contributed by atoms with van der Waals surface area (Å²) in [5.41, 5.74) is 0.181. The Bertz CT molecular complexity index is 477. The quantitative estimate of drug-likeness (QED) is 0.818. The molecule has 19 heavy (non-hydrogen) atoms. The van der Waals surface area contributed by atoms with Gasteiger partial charge in [0.15, 0.2) is 0 Å². The zero-order valence-corrected chi connectivity index (χ0v) is 11.6. The second-order valence-corrected chi connectivity index (χ2v) is 5.25. The van der Waals surface area contributed by atoms with E-state index < -0.39 is 23.6 Å². The van der Waals surface area contributed by atoms with Gasteiger partial charge in [0.25, 0.3) is 0 Å². The minimum atomic E-state index is -0.987. The number of hydrogen-bond acceptors (Lipinski definition) is 4. The van der Waals surface area contributed by atoms with Crippen LogP contribution in [0.3, 0.4) is 0 Å². The summed E-state index contributed by atoms with van der Waals surface area (Å²) in [6.07, 6.45) is 0. The highest BCUT2D eigenvalue weighted by molar-refractivity contribution is 5.96. The Hall–Kier alpha value is -2.04. The minimum absolute atomic E-state index is 0.325. The van der Waals surface area contributed by atoms with E-state index in [9.17, 15) is 9.59 Å². The van der Waals surface area contributed by atoms with Gasteiger partial charge in [0, 0.05) is 5.69 Å².